The molecule has 8 heteroatoms. The molecule has 0 aromatic heterocycles. The SMILES string of the molecule is CC(=O)N(CCC(=O)Nc1ccccc1C(F)(F)F)c1cccc(Cl)c1C. The summed E-state index contributed by atoms with van der Waals surface area (Å²) in [6.07, 6.45) is -4.75. The number of nitrogens with zero attached hydrogens (tertiary/aromatic N) is 1. The summed E-state index contributed by atoms with van der Waals surface area (Å²) in [7, 11) is 0. The van der Waals surface area contributed by atoms with Crippen molar-refractivity contribution in [3.8, 4) is 0 Å². The van der Waals surface area contributed by atoms with E-state index in [1.54, 1.807) is 25.1 Å². The quantitative estimate of drug-likeness (QED) is 0.766. The van der Waals surface area contributed by atoms with Gasteiger partial charge in [0.15, 0.2) is 0 Å². The predicted octanol–water partition coefficient (Wildman–Crippen LogP) is 5.05. The predicted molar refractivity (Wildman–Crippen MR) is 98.9 cm³/mol. The summed E-state index contributed by atoms with van der Waals surface area (Å²) in [6, 6.07) is 9.79. The van der Waals surface area contributed by atoms with E-state index in [9.17, 15) is 22.8 Å². The number of benzene rings is 2. The van der Waals surface area contributed by atoms with Crippen LogP contribution in [0.4, 0.5) is 24.5 Å². The van der Waals surface area contributed by atoms with Crippen molar-refractivity contribution >= 4 is 34.8 Å². The average molecular weight is 399 g/mol. The molecule has 0 spiro atoms. The maximum absolute atomic E-state index is 13.0. The van der Waals surface area contributed by atoms with E-state index in [-0.39, 0.29) is 24.6 Å². The average Bonchev–Trinajstić information content (AvgIpc) is 2.58. The van der Waals surface area contributed by atoms with E-state index >= 15 is 0 Å². The largest absolute Gasteiger partial charge is 0.418 e. The third-order valence-corrected chi connectivity index (χ3v) is 4.39. The molecule has 0 heterocycles. The number of halogens is 4. The van der Waals surface area contributed by atoms with Crippen molar-refractivity contribution in [3.05, 3.63) is 58.6 Å². The number of anilines is 2. The van der Waals surface area contributed by atoms with Gasteiger partial charge in [0, 0.05) is 30.6 Å². The first-order valence-electron chi connectivity index (χ1n) is 8.10. The zero-order valence-electron chi connectivity index (χ0n) is 14.7. The minimum absolute atomic E-state index is 0.0105. The Hall–Kier alpha value is -2.54. The van der Waals surface area contributed by atoms with Crippen molar-refractivity contribution in [2.45, 2.75) is 26.4 Å². The lowest BCUT2D eigenvalue weighted by molar-refractivity contribution is -0.137. The first-order valence-corrected chi connectivity index (χ1v) is 8.48. The van der Waals surface area contributed by atoms with Crippen LogP contribution in [0.5, 0.6) is 0 Å². The second kappa shape index (κ2) is 8.43. The number of carbonyl (C=O) groups excluding carboxylic acids is 2. The van der Waals surface area contributed by atoms with Crippen LogP contribution < -0.4 is 10.2 Å². The Morgan fingerprint density at radius 2 is 1.78 bits per heavy atom. The van der Waals surface area contributed by atoms with E-state index in [2.05, 4.69) is 5.32 Å². The smallest absolute Gasteiger partial charge is 0.325 e. The van der Waals surface area contributed by atoms with Gasteiger partial charge < -0.3 is 10.2 Å². The van der Waals surface area contributed by atoms with Gasteiger partial charge in [-0.3, -0.25) is 9.59 Å². The van der Waals surface area contributed by atoms with Crippen molar-refractivity contribution in [2.75, 3.05) is 16.8 Å². The number of hydrogen-bond acceptors (Lipinski definition) is 2. The minimum Gasteiger partial charge on any atom is -0.325 e. The number of amides is 2. The van der Waals surface area contributed by atoms with Crippen LogP contribution in [0.2, 0.25) is 5.02 Å². The molecular formula is C19H18ClF3N2O2. The highest BCUT2D eigenvalue weighted by Crippen LogP contribution is 2.34. The fourth-order valence-corrected chi connectivity index (χ4v) is 2.77. The molecule has 0 radical (unpaired) electrons. The molecule has 0 atom stereocenters. The van der Waals surface area contributed by atoms with E-state index in [1.165, 1.54) is 30.0 Å². The van der Waals surface area contributed by atoms with E-state index in [0.717, 1.165) is 6.07 Å². The fraction of sp³-hybridized carbons (Fsp3) is 0.263. The maximum Gasteiger partial charge on any atom is 0.418 e. The topological polar surface area (TPSA) is 49.4 Å². The van der Waals surface area contributed by atoms with Gasteiger partial charge in [-0.05, 0) is 36.8 Å². The summed E-state index contributed by atoms with van der Waals surface area (Å²) >= 11 is 6.07. The van der Waals surface area contributed by atoms with Crippen molar-refractivity contribution in [1.82, 2.24) is 0 Å². The van der Waals surface area contributed by atoms with Crippen molar-refractivity contribution in [3.63, 3.8) is 0 Å². The Labute approximate surface area is 159 Å². The van der Waals surface area contributed by atoms with Crippen LogP contribution in [0, 0.1) is 6.92 Å². The molecule has 0 fully saturated rings. The molecule has 27 heavy (non-hydrogen) atoms. The van der Waals surface area contributed by atoms with Crippen LogP contribution >= 0.6 is 11.6 Å². The Balaban J connectivity index is 2.12. The number of alkyl halides is 3. The molecule has 0 saturated carbocycles. The maximum atomic E-state index is 13.0. The molecular weight excluding hydrogens is 381 g/mol. The number of hydrogen-bond donors (Lipinski definition) is 1. The molecule has 0 aliphatic rings. The summed E-state index contributed by atoms with van der Waals surface area (Å²) in [4.78, 5) is 25.5. The van der Waals surface area contributed by atoms with Gasteiger partial charge >= 0.3 is 6.18 Å². The van der Waals surface area contributed by atoms with E-state index in [0.29, 0.717) is 16.3 Å². The number of nitrogens with one attached hydrogen (secondary N) is 1. The van der Waals surface area contributed by atoms with Crippen LogP contribution in [-0.2, 0) is 15.8 Å². The normalized spacial score (nSPS) is 11.2. The van der Waals surface area contributed by atoms with Crippen molar-refractivity contribution in [2.24, 2.45) is 0 Å². The standard InChI is InChI=1S/C19H18ClF3N2O2/c1-12-15(20)7-5-9-17(12)25(13(2)26)11-10-18(27)24-16-8-4-3-6-14(16)19(21,22)23/h3-9H,10-11H2,1-2H3,(H,24,27). The summed E-state index contributed by atoms with van der Waals surface area (Å²) in [5.74, 6) is -0.929. The fourth-order valence-electron chi connectivity index (χ4n) is 2.60. The zero-order chi connectivity index (χ0) is 20.2. The third-order valence-electron chi connectivity index (χ3n) is 3.98. The van der Waals surface area contributed by atoms with E-state index in [4.69, 9.17) is 11.6 Å². The van der Waals surface area contributed by atoms with Gasteiger partial charge in [0.05, 0.1) is 11.3 Å². The lowest BCUT2D eigenvalue weighted by Gasteiger charge is -2.23. The molecule has 2 rings (SSSR count). The second-order valence-electron chi connectivity index (χ2n) is 5.90. The first kappa shape index (κ1) is 20.8. The van der Waals surface area contributed by atoms with Crippen LogP contribution in [-0.4, -0.2) is 18.4 Å². The monoisotopic (exact) mass is 398 g/mol. The molecule has 2 aromatic carbocycles. The molecule has 2 amide bonds. The molecule has 144 valence electrons. The number of carbonyl (C=O) groups is 2. The van der Waals surface area contributed by atoms with E-state index < -0.39 is 17.6 Å². The minimum atomic E-state index is -4.58. The molecule has 1 N–H and O–H groups in total. The first-order chi connectivity index (χ1) is 12.6. The van der Waals surface area contributed by atoms with Crippen LogP contribution in [0.25, 0.3) is 0 Å². The van der Waals surface area contributed by atoms with Gasteiger partial charge in [-0.15, -0.1) is 0 Å². The number of para-hydroxylation sites is 1. The van der Waals surface area contributed by atoms with Gasteiger partial charge in [0.25, 0.3) is 0 Å². The van der Waals surface area contributed by atoms with Crippen molar-refractivity contribution in [1.29, 1.82) is 0 Å². The van der Waals surface area contributed by atoms with E-state index in [1.807, 2.05) is 0 Å². The van der Waals surface area contributed by atoms with Crippen molar-refractivity contribution < 1.29 is 22.8 Å². The van der Waals surface area contributed by atoms with Gasteiger partial charge in [-0.2, -0.15) is 13.2 Å². The summed E-state index contributed by atoms with van der Waals surface area (Å²) in [5, 5.41) is 2.74. The Bertz CT molecular complexity index is 853. The van der Waals surface area contributed by atoms with Gasteiger partial charge in [0.1, 0.15) is 0 Å². The van der Waals surface area contributed by atoms with Crippen LogP contribution in [0.3, 0.4) is 0 Å². The Morgan fingerprint density at radius 3 is 2.41 bits per heavy atom. The van der Waals surface area contributed by atoms with Gasteiger partial charge in [-0.1, -0.05) is 29.8 Å². The highest BCUT2D eigenvalue weighted by atomic mass is 35.5. The molecule has 0 aliphatic heterocycles. The number of rotatable bonds is 5. The van der Waals surface area contributed by atoms with Gasteiger partial charge in [0.2, 0.25) is 11.8 Å². The lowest BCUT2D eigenvalue weighted by atomic mass is 10.1. The van der Waals surface area contributed by atoms with Gasteiger partial charge in [-0.25, -0.2) is 0 Å². The summed E-state index contributed by atoms with van der Waals surface area (Å²) in [5.41, 5.74) is -0.00791. The molecule has 0 bridgehead atoms. The van der Waals surface area contributed by atoms with Crippen LogP contribution in [0.1, 0.15) is 24.5 Å². The van der Waals surface area contributed by atoms with Crippen LogP contribution in [0.15, 0.2) is 42.5 Å². The second-order valence-corrected chi connectivity index (χ2v) is 6.30. The molecule has 0 unspecified atom stereocenters. The summed E-state index contributed by atoms with van der Waals surface area (Å²) < 4.78 is 39.0. The molecule has 0 saturated heterocycles. The Morgan fingerprint density at radius 1 is 1.11 bits per heavy atom. The third kappa shape index (κ3) is 5.23. The Kier molecular flexibility index (Phi) is 6.49. The summed E-state index contributed by atoms with van der Waals surface area (Å²) in [6.45, 7) is 3.10. The molecule has 2 aromatic rings. The zero-order valence-corrected chi connectivity index (χ0v) is 15.5. The lowest BCUT2D eigenvalue weighted by Crippen LogP contribution is -2.32. The highest BCUT2D eigenvalue weighted by Gasteiger charge is 2.33. The molecule has 0 aliphatic carbocycles. The highest BCUT2D eigenvalue weighted by molar-refractivity contribution is 6.31. The molecule has 4 nitrogen and oxygen atoms in total.